The summed E-state index contributed by atoms with van der Waals surface area (Å²) in [5.41, 5.74) is 1.66. The van der Waals surface area contributed by atoms with Gasteiger partial charge in [0.2, 0.25) is 5.91 Å². The predicted octanol–water partition coefficient (Wildman–Crippen LogP) is 4.30. The lowest BCUT2D eigenvalue weighted by molar-refractivity contribution is -0.137. The highest BCUT2D eigenvalue weighted by atomic mass is 16.5. The minimum absolute atomic E-state index is 0.0570. The smallest absolute Gasteiger partial charge is 0.305 e. The lowest BCUT2D eigenvalue weighted by Crippen LogP contribution is -2.34. The zero-order chi connectivity index (χ0) is 19.8. The number of carbonyl (C=O) groups excluding carboxylic acids is 1. The van der Waals surface area contributed by atoms with E-state index in [1.807, 2.05) is 51.1 Å². The molecule has 2 aromatic carbocycles. The molecule has 0 unspecified atom stereocenters. The number of amides is 1. The van der Waals surface area contributed by atoms with E-state index in [4.69, 9.17) is 4.74 Å². The minimum atomic E-state index is -0.962. The highest BCUT2D eigenvalue weighted by Gasteiger charge is 2.24. The number of benzene rings is 2. The predicted molar refractivity (Wildman–Crippen MR) is 105 cm³/mol. The van der Waals surface area contributed by atoms with Gasteiger partial charge in [-0.15, -0.1) is 0 Å². The van der Waals surface area contributed by atoms with Crippen LogP contribution in [0.25, 0.3) is 0 Å². The highest BCUT2D eigenvalue weighted by Crippen LogP contribution is 2.25. The van der Waals surface area contributed by atoms with E-state index in [9.17, 15) is 14.7 Å². The average Bonchev–Trinajstić information content (AvgIpc) is 2.62. The van der Waals surface area contributed by atoms with Crippen LogP contribution in [0.3, 0.4) is 0 Å². The lowest BCUT2D eigenvalue weighted by atomic mass is 9.94. The Bertz CT molecular complexity index is 741. The SMILES string of the molecule is CC[C@@H](C(=O)N[C@@H](CC(=O)O)c1ccc(OC(C)C)cc1)c1ccccc1. The van der Waals surface area contributed by atoms with Crippen LogP contribution in [-0.4, -0.2) is 23.1 Å². The first-order valence-corrected chi connectivity index (χ1v) is 9.24. The molecule has 0 aliphatic carbocycles. The van der Waals surface area contributed by atoms with E-state index in [1.165, 1.54) is 0 Å². The number of aliphatic carboxylic acids is 1. The Balaban J connectivity index is 2.18. The number of carbonyl (C=O) groups is 2. The van der Waals surface area contributed by atoms with Crippen molar-refractivity contribution in [2.75, 3.05) is 0 Å². The monoisotopic (exact) mass is 369 g/mol. The van der Waals surface area contributed by atoms with Crippen molar-refractivity contribution in [1.82, 2.24) is 5.32 Å². The van der Waals surface area contributed by atoms with Gasteiger partial charge in [-0.25, -0.2) is 0 Å². The van der Waals surface area contributed by atoms with Gasteiger partial charge < -0.3 is 15.2 Å². The zero-order valence-electron chi connectivity index (χ0n) is 16.0. The van der Waals surface area contributed by atoms with Crippen molar-refractivity contribution in [3.63, 3.8) is 0 Å². The number of rotatable bonds is 9. The topological polar surface area (TPSA) is 75.6 Å². The normalized spacial score (nSPS) is 13.0. The van der Waals surface area contributed by atoms with Crippen LogP contribution in [0.1, 0.15) is 56.7 Å². The Labute approximate surface area is 160 Å². The molecule has 0 aliphatic rings. The molecule has 2 N–H and O–H groups in total. The van der Waals surface area contributed by atoms with E-state index in [1.54, 1.807) is 24.3 Å². The van der Waals surface area contributed by atoms with Gasteiger partial charge in [0, 0.05) is 0 Å². The summed E-state index contributed by atoms with van der Waals surface area (Å²) in [6.07, 6.45) is 0.513. The quantitative estimate of drug-likeness (QED) is 0.691. The Kier molecular flexibility index (Phi) is 7.41. The minimum Gasteiger partial charge on any atom is -0.491 e. The average molecular weight is 369 g/mol. The van der Waals surface area contributed by atoms with E-state index in [0.29, 0.717) is 12.2 Å². The Morgan fingerprint density at radius 1 is 1.00 bits per heavy atom. The summed E-state index contributed by atoms with van der Waals surface area (Å²) in [5.74, 6) is -0.732. The second-order valence-electron chi connectivity index (χ2n) is 6.77. The number of hydrogen-bond acceptors (Lipinski definition) is 3. The summed E-state index contributed by atoms with van der Waals surface area (Å²) in [6, 6.07) is 16.1. The van der Waals surface area contributed by atoms with Crippen LogP contribution in [0, 0.1) is 0 Å². The van der Waals surface area contributed by atoms with Crippen LogP contribution < -0.4 is 10.1 Å². The molecule has 0 fully saturated rings. The molecule has 2 rings (SSSR count). The van der Waals surface area contributed by atoms with Gasteiger partial charge in [0.25, 0.3) is 0 Å². The summed E-state index contributed by atoms with van der Waals surface area (Å²) in [5, 5.41) is 12.2. The van der Waals surface area contributed by atoms with Crippen molar-refractivity contribution in [2.45, 2.75) is 51.7 Å². The number of ether oxygens (including phenoxy) is 1. The Morgan fingerprint density at radius 2 is 1.63 bits per heavy atom. The molecule has 2 atom stereocenters. The van der Waals surface area contributed by atoms with Gasteiger partial charge in [0.15, 0.2) is 0 Å². The molecule has 0 bridgehead atoms. The van der Waals surface area contributed by atoms with Crippen molar-refractivity contribution in [3.8, 4) is 5.75 Å². The number of hydrogen-bond donors (Lipinski definition) is 2. The molecule has 0 radical (unpaired) electrons. The van der Waals surface area contributed by atoms with Gasteiger partial charge in [0.05, 0.1) is 24.5 Å². The standard InChI is InChI=1S/C22H27NO4/c1-4-19(16-8-6-5-7-9-16)22(26)23-20(14-21(24)25)17-10-12-18(13-11-17)27-15(2)3/h5-13,15,19-20H,4,14H2,1-3H3,(H,23,26)(H,24,25)/t19-,20+/m1/s1. The second kappa shape index (κ2) is 9.76. The molecular formula is C22H27NO4. The van der Waals surface area contributed by atoms with E-state index < -0.39 is 12.0 Å². The van der Waals surface area contributed by atoms with Crippen LogP contribution >= 0.6 is 0 Å². The van der Waals surface area contributed by atoms with Crippen LogP contribution in [0.2, 0.25) is 0 Å². The third-order valence-electron chi connectivity index (χ3n) is 4.28. The first-order chi connectivity index (χ1) is 12.9. The molecule has 0 aliphatic heterocycles. The Morgan fingerprint density at radius 3 is 2.15 bits per heavy atom. The molecular weight excluding hydrogens is 342 g/mol. The maximum absolute atomic E-state index is 12.8. The van der Waals surface area contributed by atoms with E-state index in [2.05, 4.69) is 5.32 Å². The zero-order valence-corrected chi connectivity index (χ0v) is 16.0. The van der Waals surface area contributed by atoms with Crippen LogP contribution in [0.4, 0.5) is 0 Å². The molecule has 144 valence electrons. The second-order valence-corrected chi connectivity index (χ2v) is 6.77. The van der Waals surface area contributed by atoms with Gasteiger partial charge in [-0.2, -0.15) is 0 Å². The third-order valence-corrected chi connectivity index (χ3v) is 4.28. The van der Waals surface area contributed by atoms with Crippen molar-refractivity contribution in [3.05, 3.63) is 65.7 Å². The molecule has 0 aromatic heterocycles. The van der Waals surface area contributed by atoms with Gasteiger partial charge in [0.1, 0.15) is 5.75 Å². The number of carboxylic acid groups (broad SMARTS) is 1. The Hall–Kier alpha value is -2.82. The molecule has 5 heteroatoms. The van der Waals surface area contributed by atoms with Crippen molar-refractivity contribution in [1.29, 1.82) is 0 Å². The van der Waals surface area contributed by atoms with Crippen LogP contribution in [-0.2, 0) is 9.59 Å². The maximum Gasteiger partial charge on any atom is 0.305 e. The van der Waals surface area contributed by atoms with Crippen molar-refractivity contribution in [2.24, 2.45) is 0 Å². The summed E-state index contributed by atoms with van der Waals surface area (Å²) in [6.45, 7) is 5.83. The van der Waals surface area contributed by atoms with Crippen LogP contribution in [0.15, 0.2) is 54.6 Å². The molecule has 0 saturated carbocycles. The van der Waals surface area contributed by atoms with Gasteiger partial charge in [-0.3, -0.25) is 9.59 Å². The third kappa shape index (κ3) is 6.13. The van der Waals surface area contributed by atoms with Crippen LogP contribution in [0.5, 0.6) is 5.75 Å². The first kappa shape index (κ1) is 20.5. The number of carboxylic acids is 1. The van der Waals surface area contributed by atoms with Gasteiger partial charge >= 0.3 is 5.97 Å². The fourth-order valence-corrected chi connectivity index (χ4v) is 3.01. The summed E-state index contributed by atoms with van der Waals surface area (Å²) < 4.78 is 5.62. The molecule has 1 amide bonds. The lowest BCUT2D eigenvalue weighted by Gasteiger charge is -2.22. The largest absolute Gasteiger partial charge is 0.491 e. The van der Waals surface area contributed by atoms with E-state index >= 15 is 0 Å². The van der Waals surface area contributed by atoms with Crippen molar-refractivity contribution < 1.29 is 19.4 Å². The molecule has 0 heterocycles. The van der Waals surface area contributed by atoms with Crippen molar-refractivity contribution >= 4 is 11.9 Å². The van der Waals surface area contributed by atoms with Gasteiger partial charge in [-0.05, 0) is 43.5 Å². The number of nitrogens with one attached hydrogen (secondary N) is 1. The van der Waals surface area contributed by atoms with E-state index in [0.717, 1.165) is 11.1 Å². The van der Waals surface area contributed by atoms with E-state index in [-0.39, 0.29) is 24.3 Å². The molecule has 5 nitrogen and oxygen atoms in total. The summed E-state index contributed by atoms with van der Waals surface area (Å²) in [7, 11) is 0. The molecule has 2 aromatic rings. The summed E-state index contributed by atoms with van der Waals surface area (Å²) in [4.78, 5) is 24.1. The first-order valence-electron chi connectivity index (χ1n) is 9.24. The maximum atomic E-state index is 12.8. The summed E-state index contributed by atoms with van der Waals surface area (Å²) >= 11 is 0. The molecule has 0 saturated heterocycles. The fraction of sp³-hybridized carbons (Fsp3) is 0.364. The highest BCUT2D eigenvalue weighted by molar-refractivity contribution is 5.84. The molecule has 27 heavy (non-hydrogen) atoms. The fourth-order valence-electron chi connectivity index (χ4n) is 3.01. The van der Waals surface area contributed by atoms with Gasteiger partial charge in [-0.1, -0.05) is 49.4 Å². The molecule has 0 spiro atoms.